The van der Waals surface area contributed by atoms with Gasteiger partial charge in [-0.3, -0.25) is 9.36 Å². The van der Waals surface area contributed by atoms with Crippen molar-refractivity contribution in [2.45, 2.75) is 45.8 Å². The number of carbonyl (C=O) groups is 1. The van der Waals surface area contributed by atoms with Crippen LogP contribution in [0.2, 0.25) is 0 Å². The molecule has 29 heavy (non-hydrogen) atoms. The van der Waals surface area contributed by atoms with Crippen molar-refractivity contribution >= 4 is 17.7 Å². The van der Waals surface area contributed by atoms with E-state index < -0.39 is 0 Å². The van der Waals surface area contributed by atoms with Crippen molar-refractivity contribution in [3.05, 3.63) is 59.7 Å². The van der Waals surface area contributed by atoms with Crippen LogP contribution >= 0.6 is 11.8 Å². The molecule has 0 radical (unpaired) electrons. The lowest BCUT2D eigenvalue weighted by Gasteiger charge is -2.17. The summed E-state index contributed by atoms with van der Waals surface area (Å²) in [6.45, 7) is 10.3. The maximum absolute atomic E-state index is 12.3. The Morgan fingerprint density at radius 1 is 0.966 bits per heavy atom. The summed E-state index contributed by atoms with van der Waals surface area (Å²) in [6, 6.07) is 16.6. The Balaban J connectivity index is 1.90. The van der Waals surface area contributed by atoms with Gasteiger partial charge in [-0.1, -0.05) is 73.1 Å². The third kappa shape index (κ3) is 5.26. The van der Waals surface area contributed by atoms with Crippen LogP contribution in [0.1, 0.15) is 31.9 Å². The van der Waals surface area contributed by atoms with Crippen LogP contribution in [0.15, 0.2) is 53.7 Å². The van der Waals surface area contributed by atoms with Gasteiger partial charge in [0, 0.05) is 17.3 Å². The molecule has 0 aliphatic heterocycles. The summed E-state index contributed by atoms with van der Waals surface area (Å²) in [6.07, 6.45) is 0. The molecule has 6 heteroatoms. The monoisotopic (exact) mass is 408 g/mol. The average molecular weight is 409 g/mol. The first-order chi connectivity index (χ1) is 13.8. The highest BCUT2D eigenvalue weighted by atomic mass is 32.2. The minimum absolute atomic E-state index is 0.00606. The van der Waals surface area contributed by atoms with Gasteiger partial charge in [0.25, 0.3) is 0 Å². The SMILES string of the molecule is Cc1ccc(-c2nnc(SCC(=O)N[C@H](C)C(C)C)n2-c2ccc(C)cc2)cc1. The molecule has 0 unspecified atom stereocenters. The van der Waals surface area contributed by atoms with Crippen LogP contribution in [0.25, 0.3) is 17.1 Å². The average Bonchev–Trinajstić information content (AvgIpc) is 3.11. The van der Waals surface area contributed by atoms with Crippen LogP contribution in [0, 0.1) is 19.8 Å². The Morgan fingerprint density at radius 2 is 1.55 bits per heavy atom. The number of hydrogen-bond acceptors (Lipinski definition) is 4. The minimum atomic E-state index is 0.00606. The Labute approximate surface area is 176 Å². The fourth-order valence-corrected chi connectivity index (χ4v) is 3.54. The highest BCUT2D eigenvalue weighted by molar-refractivity contribution is 7.99. The number of aromatic nitrogens is 3. The molecular weight excluding hydrogens is 380 g/mol. The topological polar surface area (TPSA) is 59.8 Å². The van der Waals surface area contributed by atoms with Gasteiger partial charge in [-0.15, -0.1) is 10.2 Å². The Bertz CT molecular complexity index is 962. The van der Waals surface area contributed by atoms with Crippen molar-refractivity contribution < 1.29 is 4.79 Å². The molecule has 3 rings (SSSR count). The molecule has 0 fully saturated rings. The van der Waals surface area contributed by atoms with Gasteiger partial charge in [0.15, 0.2) is 11.0 Å². The molecule has 0 saturated heterocycles. The minimum Gasteiger partial charge on any atom is -0.353 e. The van der Waals surface area contributed by atoms with E-state index >= 15 is 0 Å². The van der Waals surface area contributed by atoms with Crippen molar-refractivity contribution in [1.29, 1.82) is 0 Å². The fourth-order valence-electron chi connectivity index (χ4n) is 2.77. The van der Waals surface area contributed by atoms with Crippen LogP contribution in [0.5, 0.6) is 0 Å². The van der Waals surface area contributed by atoms with E-state index in [-0.39, 0.29) is 11.9 Å². The first kappa shape index (κ1) is 21.1. The van der Waals surface area contributed by atoms with E-state index in [4.69, 9.17) is 0 Å². The fraction of sp³-hybridized carbons (Fsp3) is 0.348. The number of nitrogens with zero attached hydrogens (tertiary/aromatic N) is 3. The van der Waals surface area contributed by atoms with Gasteiger partial charge in [0.1, 0.15) is 0 Å². The van der Waals surface area contributed by atoms with Crippen LogP contribution in [-0.2, 0) is 4.79 Å². The van der Waals surface area contributed by atoms with Crippen LogP contribution < -0.4 is 5.32 Å². The molecule has 0 bridgehead atoms. The number of aryl methyl sites for hydroxylation is 2. The summed E-state index contributed by atoms with van der Waals surface area (Å²) in [5, 5.41) is 12.6. The van der Waals surface area contributed by atoms with Gasteiger partial charge in [-0.05, 0) is 38.8 Å². The Morgan fingerprint density at radius 3 is 2.14 bits per heavy atom. The number of benzene rings is 2. The number of thioether (sulfide) groups is 1. The summed E-state index contributed by atoms with van der Waals surface area (Å²) in [5.74, 6) is 1.47. The second-order valence-electron chi connectivity index (χ2n) is 7.73. The lowest BCUT2D eigenvalue weighted by molar-refractivity contribution is -0.119. The van der Waals surface area contributed by atoms with Gasteiger partial charge >= 0.3 is 0 Å². The molecule has 1 amide bonds. The van der Waals surface area contributed by atoms with E-state index in [1.165, 1.54) is 22.9 Å². The molecule has 0 aliphatic carbocycles. The van der Waals surface area contributed by atoms with Gasteiger partial charge < -0.3 is 5.32 Å². The summed E-state index contributed by atoms with van der Waals surface area (Å²) < 4.78 is 2.02. The lowest BCUT2D eigenvalue weighted by Crippen LogP contribution is -2.37. The highest BCUT2D eigenvalue weighted by Gasteiger charge is 2.18. The molecular formula is C23H28N4OS. The molecule has 2 aromatic carbocycles. The number of rotatable bonds is 7. The maximum Gasteiger partial charge on any atom is 0.230 e. The molecule has 0 spiro atoms. The smallest absolute Gasteiger partial charge is 0.230 e. The van der Waals surface area contributed by atoms with Crippen molar-refractivity contribution in [2.24, 2.45) is 5.92 Å². The summed E-state index contributed by atoms with van der Waals surface area (Å²) in [5.41, 5.74) is 4.36. The van der Waals surface area contributed by atoms with Crippen LogP contribution in [0.3, 0.4) is 0 Å². The molecule has 1 heterocycles. The zero-order valence-corrected chi connectivity index (χ0v) is 18.5. The highest BCUT2D eigenvalue weighted by Crippen LogP contribution is 2.28. The lowest BCUT2D eigenvalue weighted by atomic mass is 10.1. The van der Waals surface area contributed by atoms with Gasteiger partial charge in [-0.25, -0.2) is 0 Å². The molecule has 152 valence electrons. The predicted octanol–water partition coefficient (Wildman–Crippen LogP) is 4.80. The molecule has 3 aromatic rings. The molecule has 1 aromatic heterocycles. The first-order valence-corrected chi connectivity index (χ1v) is 10.9. The third-order valence-electron chi connectivity index (χ3n) is 4.96. The molecule has 1 N–H and O–H groups in total. The summed E-state index contributed by atoms with van der Waals surface area (Å²) in [7, 11) is 0. The molecule has 0 saturated carbocycles. The van der Waals surface area contributed by atoms with Gasteiger partial charge in [-0.2, -0.15) is 0 Å². The quantitative estimate of drug-likeness (QED) is 0.570. The number of carbonyl (C=O) groups excluding carboxylic acids is 1. The third-order valence-corrected chi connectivity index (χ3v) is 5.89. The number of nitrogens with one attached hydrogen (secondary N) is 1. The normalized spacial score (nSPS) is 12.2. The zero-order chi connectivity index (χ0) is 21.0. The van der Waals surface area contributed by atoms with E-state index in [2.05, 4.69) is 91.7 Å². The standard InChI is InChI=1S/C23H28N4OS/c1-15(2)18(5)24-21(28)14-29-23-26-25-22(19-10-6-16(3)7-11-19)27(23)20-12-8-17(4)9-13-20/h6-13,15,18H,14H2,1-5H3,(H,24,28)/t18-/m1/s1. The second-order valence-corrected chi connectivity index (χ2v) is 8.67. The van der Waals surface area contributed by atoms with E-state index in [9.17, 15) is 4.79 Å². The molecule has 5 nitrogen and oxygen atoms in total. The largest absolute Gasteiger partial charge is 0.353 e. The summed E-state index contributed by atoms with van der Waals surface area (Å²) >= 11 is 1.40. The zero-order valence-electron chi connectivity index (χ0n) is 17.6. The Hall–Kier alpha value is -2.60. The number of amides is 1. The van der Waals surface area contributed by atoms with Crippen molar-refractivity contribution in [3.8, 4) is 17.1 Å². The van der Waals surface area contributed by atoms with Crippen LogP contribution in [-0.4, -0.2) is 32.5 Å². The van der Waals surface area contributed by atoms with Crippen molar-refractivity contribution in [1.82, 2.24) is 20.1 Å². The van der Waals surface area contributed by atoms with E-state index in [1.807, 2.05) is 11.5 Å². The second kappa shape index (κ2) is 9.27. The van der Waals surface area contributed by atoms with Crippen molar-refractivity contribution in [3.63, 3.8) is 0 Å². The van der Waals surface area contributed by atoms with Gasteiger partial charge in [0.05, 0.1) is 5.75 Å². The molecule has 0 aliphatic rings. The Kier molecular flexibility index (Phi) is 6.75. The van der Waals surface area contributed by atoms with Crippen LogP contribution in [0.4, 0.5) is 0 Å². The predicted molar refractivity (Wildman–Crippen MR) is 119 cm³/mol. The van der Waals surface area contributed by atoms with Gasteiger partial charge in [0.2, 0.25) is 5.91 Å². The van der Waals surface area contributed by atoms with E-state index in [1.54, 1.807) is 0 Å². The summed E-state index contributed by atoms with van der Waals surface area (Å²) in [4.78, 5) is 12.3. The number of hydrogen-bond donors (Lipinski definition) is 1. The van der Waals surface area contributed by atoms with E-state index in [0.717, 1.165) is 17.1 Å². The maximum atomic E-state index is 12.3. The first-order valence-electron chi connectivity index (χ1n) is 9.87. The van der Waals surface area contributed by atoms with E-state index in [0.29, 0.717) is 16.8 Å². The molecule has 1 atom stereocenters. The van der Waals surface area contributed by atoms with Crippen molar-refractivity contribution in [2.75, 3.05) is 5.75 Å².